The average molecular weight is 679 g/mol. The van der Waals surface area contributed by atoms with Crippen LogP contribution in [0.2, 0.25) is 18.1 Å². The van der Waals surface area contributed by atoms with Gasteiger partial charge in [-0.25, -0.2) is 24.3 Å². The zero-order chi connectivity index (χ0) is 36.0. The van der Waals surface area contributed by atoms with Crippen LogP contribution in [-0.2, 0) is 23.4 Å². The number of carbonyl (C=O) groups is 3. The molecule has 0 spiro atoms. The minimum absolute atomic E-state index is 0.000171. The van der Waals surface area contributed by atoms with E-state index in [4.69, 9.17) is 28.4 Å². The zero-order valence-corrected chi connectivity index (χ0v) is 32.0. The largest absolute Gasteiger partial charge is 0.490 e. The number of nitrogens with zero attached hydrogens (tertiary/aromatic N) is 2. The molecule has 13 heteroatoms. The number of hydrogen-bond acceptors (Lipinski definition) is 10. The molecular weight excluding hydrogens is 620 g/mol. The molecule has 0 saturated heterocycles. The number of ether oxygens (including phenoxy) is 4. The van der Waals surface area contributed by atoms with Gasteiger partial charge in [0.25, 0.3) is 0 Å². The molecule has 1 heterocycles. The second kappa shape index (κ2) is 15.3. The van der Waals surface area contributed by atoms with Crippen molar-refractivity contribution < 1.29 is 37.8 Å². The molecule has 0 bridgehead atoms. The Labute approximate surface area is 282 Å². The van der Waals surface area contributed by atoms with E-state index in [0.29, 0.717) is 18.3 Å². The molecule has 2 amide bonds. The molecule has 0 unspecified atom stereocenters. The number of carbonyl (C=O) groups excluding carboxylic acids is 3. The smallest absolute Gasteiger partial charge is 0.417 e. The summed E-state index contributed by atoms with van der Waals surface area (Å²) in [6.45, 7) is 27.6. The van der Waals surface area contributed by atoms with Crippen LogP contribution in [0.15, 0.2) is 29.3 Å². The average Bonchev–Trinajstić information content (AvgIpc) is 3.30. The van der Waals surface area contributed by atoms with Gasteiger partial charge in [0, 0.05) is 13.1 Å². The van der Waals surface area contributed by atoms with Crippen molar-refractivity contribution in [3.63, 3.8) is 0 Å². The Bertz CT molecular complexity index is 1260. The summed E-state index contributed by atoms with van der Waals surface area (Å²) in [7, 11) is -2.31. The van der Waals surface area contributed by atoms with Crippen LogP contribution < -0.4 is 15.4 Å². The predicted octanol–water partition coefficient (Wildman–Crippen LogP) is 6.56. The molecule has 1 aliphatic heterocycles. The van der Waals surface area contributed by atoms with Crippen molar-refractivity contribution in [1.82, 2.24) is 15.5 Å². The van der Waals surface area contributed by atoms with E-state index in [2.05, 4.69) is 44.5 Å². The Balaban J connectivity index is 2.16. The molecule has 1 aliphatic rings. The number of rotatable bonds is 10. The highest BCUT2D eigenvalue weighted by Crippen LogP contribution is 2.37. The predicted molar refractivity (Wildman–Crippen MR) is 185 cm³/mol. The highest BCUT2D eigenvalue weighted by atomic mass is 28.4. The normalized spacial score (nSPS) is 16.6. The molecule has 0 aliphatic carbocycles. The second-order valence-corrected chi connectivity index (χ2v) is 21.0. The summed E-state index contributed by atoms with van der Waals surface area (Å²) < 4.78 is 29.0. The molecule has 0 saturated carbocycles. The number of nitrogens with one attached hydrogen (secondary N) is 2. The van der Waals surface area contributed by atoms with Crippen LogP contribution in [0.4, 0.5) is 9.59 Å². The number of hydrogen-bond donors (Lipinski definition) is 2. The van der Waals surface area contributed by atoms with Crippen LogP contribution in [0.5, 0.6) is 5.75 Å². The topological polar surface area (TPSA) is 137 Å². The number of guanidine groups is 1. The molecule has 47 heavy (non-hydrogen) atoms. The van der Waals surface area contributed by atoms with E-state index < -0.39 is 49.4 Å². The fraction of sp³-hybridized carbons (Fsp3) is 0.706. The lowest BCUT2D eigenvalue weighted by molar-refractivity contribution is -0.165. The Hall–Kier alpha value is -3.32. The number of aliphatic imine (C=N–C) groups is 1. The van der Waals surface area contributed by atoms with Crippen LogP contribution in [0.1, 0.15) is 94.7 Å². The molecule has 266 valence electrons. The van der Waals surface area contributed by atoms with Crippen LogP contribution in [0, 0.1) is 0 Å². The lowest BCUT2D eigenvalue weighted by Crippen LogP contribution is -2.49. The highest BCUT2D eigenvalue weighted by molar-refractivity contribution is 6.74. The van der Waals surface area contributed by atoms with E-state index in [0.717, 1.165) is 5.56 Å². The molecule has 0 aromatic heterocycles. The van der Waals surface area contributed by atoms with Crippen LogP contribution in [-0.4, -0.2) is 86.5 Å². The molecule has 2 rings (SSSR count). The summed E-state index contributed by atoms with van der Waals surface area (Å²) in [5, 5.41) is 5.73. The highest BCUT2D eigenvalue weighted by Gasteiger charge is 2.42. The van der Waals surface area contributed by atoms with Gasteiger partial charge in [0.15, 0.2) is 14.4 Å². The fourth-order valence-corrected chi connectivity index (χ4v) is 5.21. The molecule has 2 atom stereocenters. The SMILES string of the molecule is CC(C)(C)OC(=O)NCCNC1=N[C@@H](c2ccc(OC[C@@H](O[Si](C)(C)C(C)(C)C)C(=O)OC(C)(C)C)cc2)CN1C(=O)OC(C)(C)C. The van der Waals surface area contributed by atoms with Gasteiger partial charge in [-0.3, -0.25) is 0 Å². The quantitative estimate of drug-likeness (QED) is 0.122. The summed E-state index contributed by atoms with van der Waals surface area (Å²) in [6, 6.07) is 6.99. The van der Waals surface area contributed by atoms with E-state index in [1.54, 1.807) is 53.7 Å². The number of amides is 2. The Morgan fingerprint density at radius 2 is 1.40 bits per heavy atom. The van der Waals surface area contributed by atoms with Gasteiger partial charge in [-0.15, -0.1) is 0 Å². The summed E-state index contributed by atoms with van der Waals surface area (Å²) >= 11 is 0. The van der Waals surface area contributed by atoms with Crippen LogP contribution in [0.3, 0.4) is 0 Å². The van der Waals surface area contributed by atoms with E-state index in [-0.39, 0.29) is 30.8 Å². The lowest BCUT2D eigenvalue weighted by Gasteiger charge is -2.39. The number of alkyl carbamates (subject to hydrolysis) is 1. The van der Waals surface area contributed by atoms with Crippen molar-refractivity contribution in [1.29, 1.82) is 0 Å². The van der Waals surface area contributed by atoms with Crippen molar-refractivity contribution in [3.05, 3.63) is 29.8 Å². The van der Waals surface area contributed by atoms with Gasteiger partial charge >= 0.3 is 18.2 Å². The molecule has 2 N–H and O–H groups in total. The fourth-order valence-electron chi connectivity index (χ4n) is 3.98. The first kappa shape index (κ1) is 39.9. The summed E-state index contributed by atoms with van der Waals surface area (Å²) in [5.74, 6) is 0.444. The first-order valence-corrected chi connectivity index (χ1v) is 19.1. The molecule has 0 radical (unpaired) electrons. The third-order valence-electron chi connectivity index (χ3n) is 7.16. The zero-order valence-electron chi connectivity index (χ0n) is 31.0. The monoisotopic (exact) mass is 678 g/mol. The minimum Gasteiger partial charge on any atom is -0.490 e. The third kappa shape index (κ3) is 13.7. The van der Waals surface area contributed by atoms with E-state index in [9.17, 15) is 14.4 Å². The Kier molecular flexibility index (Phi) is 12.9. The van der Waals surface area contributed by atoms with E-state index in [1.165, 1.54) is 4.90 Å². The van der Waals surface area contributed by atoms with Crippen molar-refractivity contribution >= 4 is 32.4 Å². The summed E-state index contributed by atoms with van der Waals surface area (Å²) in [5.41, 5.74) is -1.10. The minimum atomic E-state index is -2.31. The van der Waals surface area contributed by atoms with E-state index in [1.807, 2.05) is 32.9 Å². The van der Waals surface area contributed by atoms with Crippen molar-refractivity contribution in [2.75, 3.05) is 26.2 Å². The summed E-state index contributed by atoms with van der Waals surface area (Å²) in [6.07, 6.45) is -1.93. The van der Waals surface area contributed by atoms with Gasteiger partial charge in [0.2, 0.25) is 5.96 Å². The van der Waals surface area contributed by atoms with Crippen LogP contribution >= 0.6 is 0 Å². The maximum absolute atomic E-state index is 13.1. The standard InChI is InChI=1S/C34H58N4O8Si/c1-31(2,3)43-27(39)26(46-47(13,14)34(10,11)12)22-42-24-17-15-23(16-18-24)25-21-38(30(41)45-33(7,8)9)28(37-25)35-19-20-36-29(40)44-32(4,5)6/h15-18,25-26H,19-22H2,1-14H3,(H,35,37)(H,36,40)/t25-,26-/m1/s1. The van der Waals surface area contributed by atoms with Crippen molar-refractivity contribution in [2.24, 2.45) is 4.99 Å². The molecule has 1 aromatic rings. The van der Waals surface area contributed by atoms with Gasteiger partial charge < -0.3 is 34.0 Å². The maximum Gasteiger partial charge on any atom is 0.417 e. The molecule has 1 aromatic carbocycles. The molecule has 12 nitrogen and oxygen atoms in total. The van der Waals surface area contributed by atoms with Gasteiger partial charge in [0.05, 0.1) is 12.6 Å². The van der Waals surface area contributed by atoms with Gasteiger partial charge in [-0.2, -0.15) is 0 Å². The Morgan fingerprint density at radius 1 is 0.851 bits per heavy atom. The Morgan fingerprint density at radius 3 is 1.91 bits per heavy atom. The van der Waals surface area contributed by atoms with Crippen molar-refractivity contribution in [3.8, 4) is 5.75 Å². The van der Waals surface area contributed by atoms with Gasteiger partial charge in [-0.05, 0) is 98.1 Å². The second-order valence-electron chi connectivity index (χ2n) is 16.2. The molecule has 0 fully saturated rings. The molecular formula is C34H58N4O8Si. The van der Waals surface area contributed by atoms with Gasteiger partial charge in [0.1, 0.15) is 29.2 Å². The third-order valence-corrected chi connectivity index (χ3v) is 11.6. The maximum atomic E-state index is 13.1. The first-order valence-electron chi connectivity index (χ1n) is 16.2. The number of benzene rings is 1. The van der Waals surface area contributed by atoms with Crippen molar-refractivity contribution in [2.45, 2.75) is 130 Å². The van der Waals surface area contributed by atoms with E-state index >= 15 is 0 Å². The number of esters is 1. The lowest BCUT2D eigenvalue weighted by atomic mass is 10.1. The first-order chi connectivity index (χ1) is 21.3. The van der Waals surface area contributed by atoms with Crippen LogP contribution in [0.25, 0.3) is 0 Å². The van der Waals surface area contributed by atoms with Gasteiger partial charge in [-0.1, -0.05) is 32.9 Å². The summed E-state index contributed by atoms with van der Waals surface area (Å²) in [4.78, 5) is 44.4.